The van der Waals surface area contributed by atoms with Gasteiger partial charge >= 0.3 is 0 Å². The monoisotopic (exact) mass is 309 g/mol. The van der Waals surface area contributed by atoms with E-state index in [-0.39, 0.29) is 12.5 Å². The molecule has 2 rings (SSSR count). The van der Waals surface area contributed by atoms with E-state index in [0.717, 1.165) is 10.0 Å². The summed E-state index contributed by atoms with van der Waals surface area (Å²) in [7, 11) is 1.76. The van der Waals surface area contributed by atoms with E-state index in [9.17, 15) is 4.79 Å². The number of hydrogen-bond acceptors (Lipinski definition) is 4. The minimum atomic E-state index is -0.0368. The van der Waals surface area contributed by atoms with Crippen molar-refractivity contribution in [1.29, 1.82) is 0 Å². The summed E-state index contributed by atoms with van der Waals surface area (Å²) in [6, 6.07) is 7.86. The zero-order valence-electron chi connectivity index (χ0n) is 9.82. The Morgan fingerprint density at radius 2 is 2.11 bits per heavy atom. The average molecular weight is 310 g/mol. The largest absolute Gasteiger partial charge is 0.340 e. The normalized spacial score (nSPS) is 10.3. The van der Waals surface area contributed by atoms with E-state index in [2.05, 4.69) is 31.5 Å². The summed E-state index contributed by atoms with van der Waals surface area (Å²) in [5.41, 5.74) is 1.07. The third-order valence-corrected chi connectivity index (χ3v) is 2.98. The molecule has 0 N–H and O–H groups in total. The Balaban J connectivity index is 1.93. The Kier molecular flexibility index (Phi) is 4.03. The molecule has 0 bridgehead atoms. The molecule has 1 heterocycles. The van der Waals surface area contributed by atoms with E-state index in [0.29, 0.717) is 6.54 Å². The standard InChI is InChI=1S/C11H12BrN5O/c1-16(6-9-2-4-10(12)5-3-9)11(18)7-17-8-13-14-15-17/h2-5,8H,6-7H2,1H3. The van der Waals surface area contributed by atoms with E-state index in [1.165, 1.54) is 11.0 Å². The molecule has 94 valence electrons. The molecule has 7 heteroatoms. The summed E-state index contributed by atoms with van der Waals surface area (Å²) < 4.78 is 2.43. The Morgan fingerprint density at radius 3 is 2.72 bits per heavy atom. The van der Waals surface area contributed by atoms with Gasteiger partial charge in [-0.05, 0) is 28.1 Å². The summed E-state index contributed by atoms with van der Waals surface area (Å²) in [6.45, 7) is 0.717. The van der Waals surface area contributed by atoms with Crippen LogP contribution in [0.5, 0.6) is 0 Å². The molecule has 18 heavy (non-hydrogen) atoms. The maximum atomic E-state index is 11.9. The minimum Gasteiger partial charge on any atom is -0.340 e. The topological polar surface area (TPSA) is 63.9 Å². The fourth-order valence-electron chi connectivity index (χ4n) is 1.46. The van der Waals surface area contributed by atoms with E-state index in [1.807, 2.05) is 24.3 Å². The second-order valence-corrected chi connectivity index (χ2v) is 4.80. The number of benzene rings is 1. The van der Waals surface area contributed by atoms with Crippen molar-refractivity contribution in [3.8, 4) is 0 Å². The van der Waals surface area contributed by atoms with E-state index in [4.69, 9.17) is 0 Å². The highest BCUT2D eigenvalue weighted by atomic mass is 79.9. The summed E-state index contributed by atoms with van der Waals surface area (Å²) >= 11 is 3.37. The lowest BCUT2D eigenvalue weighted by Gasteiger charge is -2.16. The lowest BCUT2D eigenvalue weighted by molar-refractivity contribution is -0.131. The van der Waals surface area contributed by atoms with Gasteiger partial charge in [0.15, 0.2) is 0 Å². The molecule has 0 fully saturated rings. The van der Waals surface area contributed by atoms with Gasteiger partial charge in [-0.2, -0.15) is 0 Å². The Bertz CT molecular complexity index is 511. The quantitative estimate of drug-likeness (QED) is 0.848. The molecule has 0 unspecified atom stereocenters. The van der Waals surface area contributed by atoms with Gasteiger partial charge in [0.05, 0.1) is 0 Å². The number of hydrogen-bond donors (Lipinski definition) is 0. The van der Waals surface area contributed by atoms with Crippen LogP contribution in [0.1, 0.15) is 5.56 Å². The van der Waals surface area contributed by atoms with Crippen LogP contribution in [-0.2, 0) is 17.9 Å². The molecule has 0 spiro atoms. The fraction of sp³-hybridized carbons (Fsp3) is 0.273. The van der Waals surface area contributed by atoms with Crippen LogP contribution in [0.25, 0.3) is 0 Å². The van der Waals surface area contributed by atoms with Gasteiger partial charge < -0.3 is 4.90 Å². The zero-order valence-corrected chi connectivity index (χ0v) is 11.4. The summed E-state index contributed by atoms with van der Waals surface area (Å²) in [5.74, 6) is -0.0368. The number of halogens is 1. The summed E-state index contributed by atoms with van der Waals surface area (Å²) in [5, 5.41) is 10.6. The van der Waals surface area contributed by atoms with Gasteiger partial charge in [0, 0.05) is 18.1 Å². The van der Waals surface area contributed by atoms with Crippen molar-refractivity contribution in [3.63, 3.8) is 0 Å². The smallest absolute Gasteiger partial charge is 0.244 e. The maximum absolute atomic E-state index is 11.9. The Morgan fingerprint density at radius 1 is 1.39 bits per heavy atom. The van der Waals surface area contributed by atoms with Crippen LogP contribution in [0.2, 0.25) is 0 Å². The van der Waals surface area contributed by atoms with Gasteiger partial charge in [-0.1, -0.05) is 28.1 Å². The van der Waals surface area contributed by atoms with Crippen molar-refractivity contribution >= 4 is 21.8 Å². The first-order valence-electron chi connectivity index (χ1n) is 5.34. The number of rotatable bonds is 4. The van der Waals surface area contributed by atoms with Crippen LogP contribution in [0, 0.1) is 0 Å². The van der Waals surface area contributed by atoms with E-state index in [1.54, 1.807) is 11.9 Å². The van der Waals surface area contributed by atoms with Crippen molar-refractivity contribution < 1.29 is 4.79 Å². The lowest BCUT2D eigenvalue weighted by atomic mass is 10.2. The molecule has 1 aromatic carbocycles. The highest BCUT2D eigenvalue weighted by molar-refractivity contribution is 9.10. The molecule has 0 aliphatic carbocycles. The average Bonchev–Trinajstić information content (AvgIpc) is 2.85. The number of carbonyl (C=O) groups is 1. The first-order chi connectivity index (χ1) is 8.65. The summed E-state index contributed by atoms with van der Waals surface area (Å²) in [4.78, 5) is 13.5. The van der Waals surface area contributed by atoms with Crippen molar-refractivity contribution in [2.45, 2.75) is 13.1 Å². The van der Waals surface area contributed by atoms with Gasteiger partial charge in [0.25, 0.3) is 0 Å². The van der Waals surface area contributed by atoms with Gasteiger partial charge in [-0.15, -0.1) is 5.10 Å². The van der Waals surface area contributed by atoms with Crippen molar-refractivity contribution in [2.75, 3.05) is 7.05 Å². The van der Waals surface area contributed by atoms with Crippen LogP contribution in [-0.4, -0.2) is 38.1 Å². The van der Waals surface area contributed by atoms with Crippen molar-refractivity contribution in [1.82, 2.24) is 25.1 Å². The third-order valence-electron chi connectivity index (χ3n) is 2.45. The van der Waals surface area contributed by atoms with Crippen molar-refractivity contribution in [2.24, 2.45) is 0 Å². The van der Waals surface area contributed by atoms with Crippen molar-refractivity contribution in [3.05, 3.63) is 40.6 Å². The number of amides is 1. The van der Waals surface area contributed by atoms with Gasteiger partial charge in [0.1, 0.15) is 12.9 Å². The Labute approximate surface area is 113 Å². The number of nitrogens with zero attached hydrogens (tertiary/aromatic N) is 5. The number of aromatic nitrogens is 4. The minimum absolute atomic E-state index is 0.0368. The number of carbonyl (C=O) groups excluding carboxylic acids is 1. The number of likely N-dealkylation sites (N-methyl/N-ethyl adjacent to an activating group) is 1. The second kappa shape index (κ2) is 5.72. The molecule has 1 aromatic heterocycles. The van der Waals surface area contributed by atoms with Gasteiger partial charge in [0.2, 0.25) is 5.91 Å². The Hall–Kier alpha value is -1.76. The molecule has 0 radical (unpaired) electrons. The fourth-order valence-corrected chi connectivity index (χ4v) is 1.73. The lowest BCUT2D eigenvalue weighted by Crippen LogP contribution is -2.30. The number of tetrazole rings is 1. The molecule has 2 aromatic rings. The van der Waals surface area contributed by atoms with Crippen LogP contribution in [0.15, 0.2) is 35.1 Å². The first-order valence-corrected chi connectivity index (χ1v) is 6.13. The molecular formula is C11H12BrN5O. The van der Waals surface area contributed by atoms with E-state index >= 15 is 0 Å². The van der Waals surface area contributed by atoms with Crippen LogP contribution in [0.3, 0.4) is 0 Å². The molecule has 0 aliphatic heterocycles. The molecule has 6 nitrogen and oxygen atoms in total. The highest BCUT2D eigenvalue weighted by Gasteiger charge is 2.10. The van der Waals surface area contributed by atoms with E-state index < -0.39 is 0 Å². The second-order valence-electron chi connectivity index (χ2n) is 3.88. The maximum Gasteiger partial charge on any atom is 0.244 e. The summed E-state index contributed by atoms with van der Waals surface area (Å²) in [6.07, 6.45) is 1.42. The molecule has 0 aliphatic rings. The van der Waals surface area contributed by atoms with Crippen LogP contribution < -0.4 is 0 Å². The van der Waals surface area contributed by atoms with Gasteiger partial charge in [-0.25, -0.2) is 4.68 Å². The predicted molar refractivity (Wildman–Crippen MR) is 68.4 cm³/mol. The highest BCUT2D eigenvalue weighted by Crippen LogP contribution is 2.11. The predicted octanol–water partition coefficient (Wildman–Crippen LogP) is 1.09. The third kappa shape index (κ3) is 3.36. The van der Waals surface area contributed by atoms with Crippen LogP contribution >= 0.6 is 15.9 Å². The molecule has 0 atom stereocenters. The molecule has 1 amide bonds. The molecule has 0 saturated heterocycles. The van der Waals surface area contributed by atoms with Crippen LogP contribution in [0.4, 0.5) is 0 Å². The first kappa shape index (κ1) is 12.7. The van der Waals surface area contributed by atoms with Gasteiger partial charge in [-0.3, -0.25) is 4.79 Å². The SMILES string of the molecule is CN(Cc1ccc(Br)cc1)C(=O)Cn1cnnn1. The molecular weight excluding hydrogens is 298 g/mol. The molecule has 0 saturated carbocycles. The zero-order chi connectivity index (χ0) is 13.0.